The summed E-state index contributed by atoms with van der Waals surface area (Å²) in [5.74, 6) is 1.38. The van der Waals surface area contributed by atoms with Gasteiger partial charge < -0.3 is 4.42 Å². The molecule has 0 saturated carbocycles. The lowest BCUT2D eigenvalue weighted by Crippen LogP contribution is -1.91. The van der Waals surface area contributed by atoms with Crippen LogP contribution >= 0.6 is 0 Å². The maximum Gasteiger partial charge on any atom is 0.142 e. The topological polar surface area (TPSA) is 26.0 Å². The van der Waals surface area contributed by atoms with Gasteiger partial charge in [-0.15, -0.1) is 0 Å². The van der Waals surface area contributed by atoms with Crippen LogP contribution in [0.5, 0.6) is 0 Å². The van der Waals surface area contributed by atoms with Crippen LogP contribution in [0.1, 0.15) is 30.9 Å². The first-order valence-corrected chi connectivity index (χ1v) is 12.2. The van der Waals surface area contributed by atoms with E-state index in [1.165, 1.54) is 16.3 Å². The van der Waals surface area contributed by atoms with E-state index in [4.69, 9.17) is 9.40 Å². The molecule has 0 saturated heterocycles. The lowest BCUT2D eigenvalue weighted by atomic mass is 9.93. The fourth-order valence-electron chi connectivity index (χ4n) is 4.93. The highest BCUT2D eigenvalue weighted by atomic mass is 16.3. The molecule has 2 heteroatoms. The quantitative estimate of drug-likeness (QED) is 0.266. The van der Waals surface area contributed by atoms with Crippen molar-refractivity contribution in [2.45, 2.75) is 26.7 Å². The number of hydrogen-bond acceptors (Lipinski definition) is 2. The van der Waals surface area contributed by atoms with Gasteiger partial charge in [-0.1, -0.05) is 86.6 Å². The Bertz CT molecular complexity index is 1660. The van der Waals surface area contributed by atoms with Crippen molar-refractivity contribution in [1.82, 2.24) is 4.98 Å². The van der Waals surface area contributed by atoms with Gasteiger partial charge in [0.05, 0.1) is 5.69 Å². The first kappa shape index (κ1) is 21.4. The van der Waals surface area contributed by atoms with Gasteiger partial charge in [-0.3, -0.25) is 4.98 Å². The van der Waals surface area contributed by atoms with Crippen molar-refractivity contribution in [2.24, 2.45) is 0 Å². The standard InChI is InChI=1S/C33H27NO/c1-21(2)26-15-14-24-16-17-34-31(29(24)18-26)27-19-28-22(3)32(25-12-8-5-9-13-25)35-33(28)30(20-27)23-10-6-4-7-11-23/h4-21H,1-3H3. The molecule has 0 fully saturated rings. The zero-order chi connectivity index (χ0) is 23.9. The highest BCUT2D eigenvalue weighted by Gasteiger charge is 2.19. The summed E-state index contributed by atoms with van der Waals surface area (Å²) in [5, 5.41) is 3.51. The van der Waals surface area contributed by atoms with Crippen molar-refractivity contribution in [1.29, 1.82) is 0 Å². The molecule has 2 heterocycles. The van der Waals surface area contributed by atoms with Gasteiger partial charge in [0.25, 0.3) is 0 Å². The van der Waals surface area contributed by atoms with Crippen LogP contribution in [-0.2, 0) is 0 Å². The number of fused-ring (bicyclic) bond motifs is 2. The minimum atomic E-state index is 0.458. The van der Waals surface area contributed by atoms with Crippen molar-refractivity contribution < 1.29 is 4.42 Å². The maximum atomic E-state index is 6.58. The Morgan fingerprint density at radius 2 is 1.40 bits per heavy atom. The lowest BCUT2D eigenvalue weighted by Gasteiger charge is -2.12. The van der Waals surface area contributed by atoms with E-state index in [-0.39, 0.29) is 0 Å². The van der Waals surface area contributed by atoms with E-state index in [0.29, 0.717) is 5.92 Å². The van der Waals surface area contributed by atoms with Crippen molar-refractivity contribution in [3.8, 4) is 33.7 Å². The van der Waals surface area contributed by atoms with E-state index in [2.05, 4.69) is 106 Å². The molecule has 0 aliphatic rings. The van der Waals surface area contributed by atoms with Crippen molar-refractivity contribution in [3.05, 3.63) is 114 Å². The van der Waals surface area contributed by atoms with Crippen molar-refractivity contribution in [3.63, 3.8) is 0 Å². The van der Waals surface area contributed by atoms with Gasteiger partial charge in [0.1, 0.15) is 11.3 Å². The molecule has 4 aromatic carbocycles. The minimum Gasteiger partial charge on any atom is -0.455 e. The molecular formula is C33H27NO. The number of furan rings is 1. The molecule has 0 amide bonds. The first-order chi connectivity index (χ1) is 17.1. The Morgan fingerprint density at radius 3 is 2.11 bits per heavy atom. The normalized spacial score (nSPS) is 11.5. The van der Waals surface area contributed by atoms with Gasteiger partial charge in [-0.25, -0.2) is 0 Å². The number of aryl methyl sites for hydroxylation is 1. The average Bonchev–Trinajstić information content (AvgIpc) is 3.24. The van der Waals surface area contributed by atoms with Gasteiger partial charge in [0.2, 0.25) is 0 Å². The van der Waals surface area contributed by atoms with Crippen LogP contribution in [0.3, 0.4) is 0 Å². The first-order valence-electron chi connectivity index (χ1n) is 12.2. The highest BCUT2D eigenvalue weighted by molar-refractivity contribution is 6.03. The number of aromatic nitrogens is 1. The van der Waals surface area contributed by atoms with Crippen LogP contribution in [0, 0.1) is 6.92 Å². The summed E-state index contributed by atoms with van der Waals surface area (Å²) in [6.45, 7) is 6.62. The Hall–Kier alpha value is -4.17. The van der Waals surface area contributed by atoms with Crippen LogP contribution in [0.2, 0.25) is 0 Å². The van der Waals surface area contributed by atoms with Crippen LogP contribution in [0.25, 0.3) is 55.4 Å². The van der Waals surface area contributed by atoms with Crippen LogP contribution in [0.4, 0.5) is 0 Å². The van der Waals surface area contributed by atoms with Crippen molar-refractivity contribution in [2.75, 3.05) is 0 Å². The summed E-state index contributed by atoms with van der Waals surface area (Å²) in [6.07, 6.45) is 1.91. The summed E-state index contributed by atoms with van der Waals surface area (Å²) in [5.41, 5.74) is 8.80. The Morgan fingerprint density at radius 1 is 0.686 bits per heavy atom. The molecule has 2 nitrogen and oxygen atoms in total. The van der Waals surface area contributed by atoms with Crippen LogP contribution in [0.15, 0.2) is 108 Å². The molecule has 35 heavy (non-hydrogen) atoms. The zero-order valence-electron chi connectivity index (χ0n) is 20.2. The van der Waals surface area contributed by atoms with E-state index in [9.17, 15) is 0 Å². The van der Waals surface area contributed by atoms with Crippen molar-refractivity contribution >= 4 is 21.7 Å². The summed E-state index contributed by atoms with van der Waals surface area (Å²) in [4.78, 5) is 4.88. The summed E-state index contributed by atoms with van der Waals surface area (Å²) in [7, 11) is 0. The molecule has 6 aromatic rings. The van der Waals surface area contributed by atoms with E-state index in [1.807, 2.05) is 18.3 Å². The van der Waals surface area contributed by atoms with E-state index in [0.717, 1.165) is 50.2 Å². The Balaban J connectivity index is 1.66. The maximum absolute atomic E-state index is 6.58. The van der Waals surface area contributed by atoms with E-state index in [1.54, 1.807) is 0 Å². The van der Waals surface area contributed by atoms with Gasteiger partial charge in [0.15, 0.2) is 0 Å². The predicted molar refractivity (Wildman–Crippen MR) is 147 cm³/mol. The lowest BCUT2D eigenvalue weighted by molar-refractivity contribution is 0.630. The summed E-state index contributed by atoms with van der Waals surface area (Å²) >= 11 is 0. The average molecular weight is 454 g/mol. The molecule has 0 atom stereocenters. The molecule has 0 unspecified atom stereocenters. The third kappa shape index (κ3) is 3.72. The van der Waals surface area contributed by atoms with Gasteiger partial charge in [-0.05, 0) is 53.6 Å². The minimum absolute atomic E-state index is 0.458. The van der Waals surface area contributed by atoms with E-state index >= 15 is 0 Å². The monoisotopic (exact) mass is 453 g/mol. The van der Waals surface area contributed by atoms with Gasteiger partial charge in [0, 0.05) is 39.2 Å². The number of benzene rings is 4. The third-order valence-electron chi connectivity index (χ3n) is 6.89. The number of nitrogens with zero attached hydrogens (tertiary/aromatic N) is 1. The fraction of sp³-hybridized carbons (Fsp3) is 0.121. The third-order valence-corrected chi connectivity index (χ3v) is 6.89. The zero-order valence-corrected chi connectivity index (χ0v) is 20.2. The van der Waals surface area contributed by atoms with Crippen LogP contribution in [-0.4, -0.2) is 4.98 Å². The molecular weight excluding hydrogens is 426 g/mol. The second-order valence-electron chi connectivity index (χ2n) is 9.48. The second-order valence-corrected chi connectivity index (χ2v) is 9.48. The SMILES string of the molecule is Cc1c(-c2ccccc2)oc2c(-c3ccccc3)cc(-c3nccc4ccc(C(C)C)cc34)cc12. The molecule has 0 aliphatic heterocycles. The molecule has 0 spiro atoms. The smallest absolute Gasteiger partial charge is 0.142 e. The largest absolute Gasteiger partial charge is 0.455 e. The second kappa shape index (κ2) is 8.56. The Labute approximate surface area is 205 Å². The molecule has 6 rings (SSSR count). The van der Waals surface area contributed by atoms with Gasteiger partial charge in [-0.2, -0.15) is 0 Å². The summed E-state index contributed by atoms with van der Waals surface area (Å²) in [6, 6.07) is 34.2. The number of hydrogen-bond donors (Lipinski definition) is 0. The summed E-state index contributed by atoms with van der Waals surface area (Å²) < 4.78 is 6.58. The predicted octanol–water partition coefficient (Wildman–Crippen LogP) is 9.41. The molecule has 0 N–H and O–H groups in total. The number of rotatable bonds is 4. The van der Waals surface area contributed by atoms with E-state index < -0.39 is 0 Å². The number of pyridine rings is 1. The fourth-order valence-corrected chi connectivity index (χ4v) is 4.93. The molecule has 2 aromatic heterocycles. The molecule has 0 radical (unpaired) electrons. The van der Waals surface area contributed by atoms with Gasteiger partial charge >= 0.3 is 0 Å². The highest BCUT2D eigenvalue weighted by Crippen LogP contribution is 2.42. The molecule has 0 aliphatic carbocycles. The van der Waals surface area contributed by atoms with Crippen LogP contribution < -0.4 is 0 Å². The molecule has 0 bridgehead atoms. The Kier molecular flexibility index (Phi) is 5.22. The molecule has 170 valence electrons.